The van der Waals surface area contributed by atoms with Gasteiger partial charge in [-0.25, -0.2) is 9.78 Å². The van der Waals surface area contributed by atoms with Gasteiger partial charge in [-0.3, -0.25) is 9.69 Å². The lowest BCUT2D eigenvalue weighted by molar-refractivity contribution is -0.117. The van der Waals surface area contributed by atoms with Gasteiger partial charge in [0.25, 0.3) is 0 Å². The standard InChI is InChI=1S/C13H11BrN2O3S/c14-5-7-3-11(17)16(6-7)13-15-9-2-1-8(12(18)19)4-10(9)20-13/h1-2,4,7H,3,5-6H2,(H,18,19). The lowest BCUT2D eigenvalue weighted by Gasteiger charge is -2.11. The van der Waals surface area contributed by atoms with Crippen LogP contribution in [0.15, 0.2) is 18.2 Å². The number of benzene rings is 1. The number of anilines is 1. The molecule has 1 saturated heterocycles. The molecule has 20 heavy (non-hydrogen) atoms. The molecule has 2 heterocycles. The first kappa shape index (κ1) is 13.5. The number of alkyl halides is 1. The number of nitrogens with zero attached hydrogens (tertiary/aromatic N) is 2. The molecule has 0 bridgehead atoms. The van der Waals surface area contributed by atoms with Crippen molar-refractivity contribution in [2.75, 3.05) is 16.8 Å². The Morgan fingerprint density at radius 1 is 1.55 bits per heavy atom. The molecule has 0 saturated carbocycles. The van der Waals surface area contributed by atoms with Crippen LogP contribution < -0.4 is 4.90 Å². The Hall–Kier alpha value is -1.47. The number of hydrogen-bond acceptors (Lipinski definition) is 4. The van der Waals surface area contributed by atoms with E-state index < -0.39 is 5.97 Å². The highest BCUT2D eigenvalue weighted by molar-refractivity contribution is 9.09. The third-order valence-corrected chi connectivity index (χ3v) is 5.24. The monoisotopic (exact) mass is 354 g/mol. The maximum absolute atomic E-state index is 12.0. The number of carbonyl (C=O) groups excluding carboxylic acids is 1. The zero-order valence-electron chi connectivity index (χ0n) is 10.4. The van der Waals surface area contributed by atoms with Crippen molar-refractivity contribution in [1.82, 2.24) is 4.98 Å². The molecule has 0 radical (unpaired) electrons. The Morgan fingerprint density at radius 2 is 2.35 bits per heavy atom. The summed E-state index contributed by atoms with van der Waals surface area (Å²) in [6, 6.07) is 4.81. The number of amides is 1. The Bertz CT molecular complexity index is 700. The summed E-state index contributed by atoms with van der Waals surface area (Å²) < 4.78 is 0.787. The van der Waals surface area contributed by atoms with E-state index in [0.29, 0.717) is 24.0 Å². The molecule has 1 amide bonds. The van der Waals surface area contributed by atoms with E-state index in [-0.39, 0.29) is 11.5 Å². The predicted molar refractivity (Wildman–Crippen MR) is 80.8 cm³/mol. The molecule has 0 aliphatic carbocycles. The second kappa shape index (κ2) is 5.14. The topological polar surface area (TPSA) is 70.5 Å². The number of aromatic nitrogens is 1. The normalized spacial score (nSPS) is 18.9. The lowest BCUT2D eigenvalue weighted by Crippen LogP contribution is -2.24. The average Bonchev–Trinajstić information content (AvgIpc) is 3.00. The van der Waals surface area contributed by atoms with Crippen LogP contribution in [0.1, 0.15) is 16.8 Å². The SMILES string of the molecule is O=C(O)c1ccc2nc(N3CC(CBr)CC3=O)sc2c1. The van der Waals surface area contributed by atoms with E-state index in [0.717, 1.165) is 15.5 Å². The molecule has 1 aromatic heterocycles. The quantitative estimate of drug-likeness (QED) is 0.860. The number of aromatic carboxylic acids is 1. The summed E-state index contributed by atoms with van der Waals surface area (Å²) in [5, 5.41) is 10.4. The minimum absolute atomic E-state index is 0.0759. The third-order valence-electron chi connectivity index (χ3n) is 3.28. The predicted octanol–water partition coefficient (Wildman–Crippen LogP) is 2.74. The summed E-state index contributed by atoms with van der Waals surface area (Å²) >= 11 is 4.76. The van der Waals surface area contributed by atoms with E-state index in [4.69, 9.17) is 5.11 Å². The fourth-order valence-electron chi connectivity index (χ4n) is 2.23. The first-order chi connectivity index (χ1) is 9.58. The molecule has 1 fully saturated rings. The number of carboxylic acids is 1. The first-order valence-corrected chi connectivity index (χ1v) is 8.02. The van der Waals surface area contributed by atoms with Gasteiger partial charge in [-0.1, -0.05) is 27.3 Å². The van der Waals surface area contributed by atoms with E-state index in [1.807, 2.05) is 0 Å². The van der Waals surface area contributed by atoms with Gasteiger partial charge in [0.1, 0.15) is 0 Å². The van der Waals surface area contributed by atoms with Crippen molar-refractivity contribution in [3.8, 4) is 0 Å². The Labute approximate surface area is 127 Å². The van der Waals surface area contributed by atoms with Crippen LogP contribution in [0.5, 0.6) is 0 Å². The fraction of sp³-hybridized carbons (Fsp3) is 0.308. The van der Waals surface area contributed by atoms with Crippen LogP contribution in [0.3, 0.4) is 0 Å². The number of hydrogen-bond donors (Lipinski definition) is 1. The van der Waals surface area contributed by atoms with Gasteiger partial charge in [-0.05, 0) is 24.1 Å². The van der Waals surface area contributed by atoms with Crippen LogP contribution in [-0.2, 0) is 4.79 Å². The van der Waals surface area contributed by atoms with Gasteiger partial charge in [0.15, 0.2) is 5.13 Å². The number of halogens is 1. The minimum atomic E-state index is -0.960. The third kappa shape index (κ3) is 2.31. The molecule has 7 heteroatoms. The average molecular weight is 355 g/mol. The molecule has 1 aliphatic heterocycles. The van der Waals surface area contributed by atoms with E-state index in [2.05, 4.69) is 20.9 Å². The number of fused-ring (bicyclic) bond motifs is 1. The van der Waals surface area contributed by atoms with E-state index in [1.165, 1.54) is 17.4 Å². The van der Waals surface area contributed by atoms with E-state index in [1.54, 1.807) is 17.0 Å². The number of rotatable bonds is 3. The van der Waals surface area contributed by atoms with Crippen LogP contribution in [-0.4, -0.2) is 33.8 Å². The highest BCUT2D eigenvalue weighted by Gasteiger charge is 2.31. The van der Waals surface area contributed by atoms with Crippen molar-refractivity contribution >= 4 is 54.5 Å². The maximum atomic E-state index is 12.0. The first-order valence-electron chi connectivity index (χ1n) is 6.08. The van der Waals surface area contributed by atoms with Gasteiger partial charge < -0.3 is 5.11 Å². The van der Waals surface area contributed by atoms with Crippen molar-refractivity contribution in [1.29, 1.82) is 0 Å². The van der Waals surface area contributed by atoms with Crippen molar-refractivity contribution in [2.24, 2.45) is 5.92 Å². The van der Waals surface area contributed by atoms with Gasteiger partial charge in [-0.2, -0.15) is 0 Å². The van der Waals surface area contributed by atoms with Gasteiger partial charge in [0.2, 0.25) is 5.91 Å². The Balaban J connectivity index is 1.97. The Morgan fingerprint density at radius 3 is 3.00 bits per heavy atom. The van der Waals surface area contributed by atoms with Crippen molar-refractivity contribution in [2.45, 2.75) is 6.42 Å². The van der Waals surface area contributed by atoms with E-state index in [9.17, 15) is 9.59 Å². The summed E-state index contributed by atoms with van der Waals surface area (Å²) in [4.78, 5) is 29.1. The molecule has 1 atom stereocenters. The molecule has 1 N–H and O–H groups in total. The minimum Gasteiger partial charge on any atom is -0.478 e. The molecular formula is C13H11BrN2O3S. The van der Waals surface area contributed by atoms with Crippen molar-refractivity contribution in [3.05, 3.63) is 23.8 Å². The summed E-state index contributed by atoms with van der Waals surface area (Å²) in [5.74, 6) is -0.575. The summed E-state index contributed by atoms with van der Waals surface area (Å²) in [5.41, 5.74) is 0.962. The van der Waals surface area contributed by atoms with Gasteiger partial charge in [-0.15, -0.1) is 0 Å². The van der Waals surface area contributed by atoms with Crippen LogP contribution >= 0.6 is 27.3 Å². The summed E-state index contributed by atoms with van der Waals surface area (Å²) in [6.07, 6.45) is 0.529. The number of thiazole rings is 1. The van der Waals surface area contributed by atoms with Gasteiger partial charge >= 0.3 is 5.97 Å². The fourth-order valence-corrected chi connectivity index (χ4v) is 3.70. The van der Waals surface area contributed by atoms with Gasteiger partial charge in [0.05, 0.1) is 15.8 Å². The summed E-state index contributed by atoms with van der Waals surface area (Å²) in [7, 11) is 0. The number of carboxylic acid groups (broad SMARTS) is 1. The molecular weight excluding hydrogens is 344 g/mol. The maximum Gasteiger partial charge on any atom is 0.335 e. The van der Waals surface area contributed by atoms with Crippen LogP contribution in [0, 0.1) is 5.92 Å². The van der Waals surface area contributed by atoms with Gasteiger partial charge in [0, 0.05) is 18.3 Å². The molecule has 1 aromatic carbocycles. The second-order valence-corrected chi connectivity index (χ2v) is 6.37. The van der Waals surface area contributed by atoms with Crippen LogP contribution in [0.4, 0.5) is 5.13 Å². The molecule has 2 aromatic rings. The van der Waals surface area contributed by atoms with Crippen LogP contribution in [0.25, 0.3) is 10.2 Å². The smallest absolute Gasteiger partial charge is 0.335 e. The molecule has 1 unspecified atom stereocenters. The molecule has 0 spiro atoms. The Kier molecular flexibility index (Phi) is 3.47. The zero-order valence-corrected chi connectivity index (χ0v) is 12.8. The molecule has 3 rings (SSSR count). The van der Waals surface area contributed by atoms with Crippen LogP contribution in [0.2, 0.25) is 0 Å². The lowest BCUT2D eigenvalue weighted by atomic mass is 10.2. The second-order valence-electron chi connectivity index (χ2n) is 4.71. The number of carbonyl (C=O) groups is 2. The zero-order chi connectivity index (χ0) is 14.3. The molecule has 5 nitrogen and oxygen atoms in total. The molecule has 104 valence electrons. The highest BCUT2D eigenvalue weighted by atomic mass is 79.9. The largest absolute Gasteiger partial charge is 0.478 e. The van der Waals surface area contributed by atoms with Crippen molar-refractivity contribution < 1.29 is 14.7 Å². The highest BCUT2D eigenvalue weighted by Crippen LogP contribution is 2.33. The van der Waals surface area contributed by atoms with E-state index >= 15 is 0 Å². The van der Waals surface area contributed by atoms with Crippen molar-refractivity contribution in [3.63, 3.8) is 0 Å². The summed E-state index contributed by atoms with van der Waals surface area (Å²) in [6.45, 7) is 0.662. The molecule has 1 aliphatic rings.